The highest BCUT2D eigenvalue weighted by Crippen LogP contribution is 2.40. The molecule has 136 valence electrons. The fraction of sp³-hybridized carbons (Fsp3) is 0.438. The van der Waals surface area contributed by atoms with Crippen LogP contribution in [0.25, 0.3) is 0 Å². The van der Waals surface area contributed by atoms with Crippen molar-refractivity contribution in [3.8, 4) is 0 Å². The summed E-state index contributed by atoms with van der Waals surface area (Å²) in [6.45, 7) is 1.18. The summed E-state index contributed by atoms with van der Waals surface area (Å²) in [6.07, 6.45) is 0.818. The third kappa shape index (κ3) is 2.40. The van der Waals surface area contributed by atoms with Gasteiger partial charge in [0.15, 0.2) is 15.7 Å². The van der Waals surface area contributed by atoms with Gasteiger partial charge in [0.1, 0.15) is 5.25 Å². The van der Waals surface area contributed by atoms with Gasteiger partial charge in [-0.2, -0.15) is 4.98 Å². The molecule has 1 aromatic heterocycles. The van der Waals surface area contributed by atoms with Crippen LogP contribution in [0.5, 0.6) is 0 Å². The van der Waals surface area contributed by atoms with Crippen molar-refractivity contribution in [2.75, 3.05) is 23.4 Å². The number of carbonyl (C=O) groups excluding carboxylic acids is 1. The lowest BCUT2D eigenvalue weighted by atomic mass is 10.2. The summed E-state index contributed by atoms with van der Waals surface area (Å²) in [5.41, 5.74) is 0.276. The Morgan fingerprint density at radius 3 is 3.00 bits per heavy atom. The first-order valence-electron chi connectivity index (χ1n) is 8.38. The zero-order valence-corrected chi connectivity index (χ0v) is 14.5. The zero-order valence-electron chi connectivity index (χ0n) is 13.7. The third-order valence-electron chi connectivity index (χ3n) is 4.94. The molecule has 1 aliphatic carbocycles. The number of hydrogen-bond acceptors (Lipinski definition) is 8. The van der Waals surface area contributed by atoms with Crippen LogP contribution in [-0.2, 0) is 19.4 Å². The van der Waals surface area contributed by atoms with Crippen LogP contribution >= 0.6 is 0 Å². The standard InChI is InChI=1S/C16H16N4O5S/c21-14-8-13(26(22,23)12-4-2-1-3-9(12)17-14)15-18-16(25-19-15)20-5-6-24-11-7-10(11)20/h1-4,10-11,13H,5-8H2,(H,17,21). The molecule has 10 heteroatoms. The lowest BCUT2D eigenvalue weighted by molar-refractivity contribution is -0.116. The molecule has 5 rings (SSSR count). The Morgan fingerprint density at radius 2 is 2.12 bits per heavy atom. The summed E-state index contributed by atoms with van der Waals surface area (Å²) in [4.78, 5) is 18.5. The normalized spacial score (nSPS) is 29.3. The monoisotopic (exact) mass is 376 g/mol. The number of para-hydroxylation sites is 1. The Bertz CT molecular complexity index is 988. The number of carbonyl (C=O) groups is 1. The fourth-order valence-electron chi connectivity index (χ4n) is 3.53. The summed E-state index contributed by atoms with van der Waals surface area (Å²) in [5, 5.41) is 5.33. The maximum atomic E-state index is 13.1. The number of aromatic nitrogens is 2. The number of rotatable bonds is 2. The molecular formula is C16H16N4O5S. The lowest BCUT2D eigenvalue weighted by Crippen LogP contribution is -2.36. The highest BCUT2D eigenvalue weighted by molar-refractivity contribution is 7.91. The van der Waals surface area contributed by atoms with E-state index in [-0.39, 0.29) is 41.0 Å². The van der Waals surface area contributed by atoms with Crippen LogP contribution in [0.2, 0.25) is 0 Å². The minimum atomic E-state index is -3.84. The zero-order chi connectivity index (χ0) is 17.9. The highest BCUT2D eigenvalue weighted by atomic mass is 32.2. The Morgan fingerprint density at radius 1 is 1.27 bits per heavy atom. The number of morpholine rings is 1. The van der Waals surface area contributed by atoms with E-state index in [1.807, 2.05) is 4.90 Å². The summed E-state index contributed by atoms with van der Waals surface area (Å²) >= 11 is 0. The number of sulfone groups is 1. The Kier molecular flexibility index (Phi) is 3.35. The molecule has 3 aliphatic rings. The molecule has 2 aromatic rings. The average molecular weight is 376 g/mol. The molecule has 9 nitrogen and oxygen atoms in total. The molecule has 3 atom stereocenters. The Hall–Kier alpha value is -2.46. The van der Waals surface area contributed by atoms with Gasteiger partial charge in [-0.05, 0) is 18.6 Å². The van der Waals surface area contributed by atoms with E-state index in [1.54, 1.807) is 18.2 Å². The van der Waals surface area contributed by atoms with Crippen LogP contribution in [0.1, 0.15) is 23.9 Å². The number of nitrogens with one attached hydrogen (secondary N) is 1. The smallest absolute Gasteiger partial charge is 0.324 e. The van der Waals surface area contributed by atoms with Gasteiger partial charge in [-0.1, -0.05) is 17.3 Å². The van der Waals surface area contributed by atoms with Gasteiger partial charge in [-0.3, -0.25) is 4.79 Å². The van der Waals surface area contributed by atoms with Gasteiger partial charge in [-0.15, -0.1) is 0 Å². The minimum absolute atomic E-state index is 0.00976. The van der Waals surface area contributed by atoms with Crippen molar-refractivity contribution in [3.05, 3.63) is 30.1 Å². The average Bonchev–Trinajstić information content (AvgIpc) is 3.29. The van der Waals surface area contributed by atoms with E-state index >= 15 is 0 Å². The number of amides is 1. The van der Waals surface area contributed by atoms with E-state index in [0.717, 1.165) is 6.42 Å². The molecule has 26 heavy (non-hydrogen) atoms. The molecule has 1 saturated carbocycles. The van der Waals surface area contributed by atoms with Gasteiger partial charge in [0.2, 0.25) is 5.91 Å². The highest BCUT2D eigenvalue weighted by Gasteiger charge is 2.48. The second-order valence-electron chi connectivity index (χ2n) is 6.62. The van der Waals surface area contributed by atoms with E-state index in [1.165, 1.54) is 6.07 Å². The largest absolute Gasteiger partial charge is 0.374 e. The summed E-state index contributed by atoms with van der Waals surface area (Å²) < 4.78 is 37.0. The van der Waals surface area contributed by atoms with Crippen LogP contribution in [0.3, 0.4) is 0 Å². The van der Waals surface area contributed by atoms with E-state index < -0.39 is 21.0 Å². The number of benzene rings is 1. The first-order valence-corrected chi connectivity index (χ1v) is 9.93. The van der Waals surface area contributed by atoms with E-state index in [0.29, 0.717) is 13.2 Å². The van der Waals surface area contributed by atoms with Crippen LogP contribution in [0, 0.1) is 0 Å². The topological polar surface area (TPSA) is 115 Å². The molecule has 1 saturated heterocycles. The maximum Gasteiger partial charge on any atom is 0.324 e. The van der Waals surface area contributed by atoms with Crippen LogP contribution in [0.15, 0.2) is 33.7 Å². The number of fused-ring (bicyclic) bond motifs is 2. The molecule has 3 unspecified atom stereocenters. The van der Waals surface area contributed by atoms with E-state index in [2.05, 4.69) is 15.5 Å². The Balaban J connectivity index is 1.52. The van der Waals surface area contributed by atoms with Crippen molar-refractivity contribution in [1.82, 2.24) is 10.1 Å². The lowest BCUT2D eigenvalue weighted by Gasteiger charge is -2.24. The van der Waals surface area contributed by atoms with E-state index in [4.69, 9.17) is 9.26 Å². The van der Waals surface area contributed by atoms with Crippen LogP contribution in [-0.4, -0.2) is 49.8 Å². The number of hydrogen-bond donors (Lipinski definition) is 1. The number of nitrogens with zero attached hydrogens (tertiary/aromatic N) is 3. The molecule has 3 heterocycles. The van der Waals surface area contributed by atoms with Crippen LogP contribution in [0.4, 0.5) is 11.7 Å². The summed E-state index contributed by atoms with van der Waals surface area (Å²) in [5.74, 6) is -0.390. The number of ether oxygens (including phenoxy) is 1. The molecule has 0 spiro atoms. The van der Waals surface area contributed by atoms with E-state index in [9.17, 15) is 13.2 Å². The molecule has 0 radical (unpaired) electrons. The molecular weight excluding hydrogens is 360 g/mol. The fourth-order valence-corrected chi connectivity index (χ4v) is 5.27. The van der Waals surface area contributed by atoms with Crippen molar-refractivity contribution in [2.45, 2.75) is 35.1 Å². The Labute approximate surface area is 149 Å². The van der Waals surface area contributed by atoms with Crippen molar-refractivity contribution in [2.24, 2.45) is 0 Å². The van der Waals surface area contributed by atoms with Gasteiger partial charge in [-0.25, -0.2) is 8.42 Å². The molecule has 1 N–H and O–H groups in total. The summed E-state index contributed by atoms with van der Waals surface area (Å²) in [7, 11) is -3.84. The van der Waals surface area contributed by atoms with Crippen molar-refractivity contribution >= 4 is 27.4 Å². The quantitative estimate of drug-likeness (QED) is 0.822. The van der Waals surface area contributed by atoms with Gasteiger partial charge < -0.3 is 19.5 Å². The van der Waals surface area contributed by atoms with Gasteiger partial charge >= 0.3 is 6.01 Å². The van der Waals surface area contributed by atoms with Crippen LogP contribution < -0.4 is 10.2 Å². The predicted octanol–water partition coefficient (Wildman–Crippen LogP) is 0.904. The molecule has 1 amide bonds. The molecule has 0 bridgehead atoms. The summed E-state index contributed by atoms with van der Waals surface area (Å²) in [6, 6.07) is 6.81. The maximum absolute atomic E-state index is 13.1. The molecule has 2 aliphatic heterocycles. The second kappa shape index (κ2) is 5.52. The van der Waals surface area contributed by atoms with Gasteiger partial charge in [0.05, 0.1) is 35.8 Å². The molecule has 2 fully saturated rings. The second-order valence-corrected chi connectivity index (χ2v) is 8.72. The minimum Gasteiger partial charge on any atom is -0.374 e. The van der Waals surface area contributed by atoms with Gasteiger partial charge in [0.25, 0.3) is 0 Å². The van der Waals surface area contributed by atoms with Crippen molar-refractivity contribution in [1.29, 1.82) is 0 Å². The van der Waals surface area contributed by atoms with Crippen molar-refractivity contribution < 1.29 is 22.5 Å². The number of anilines is 2. The first-order chi connectivity index (χ1) is 12.5. The third-order valence-corrected chi connectivity index (χ3v) is 7.04. The SMILES string of the molecule is O=C1CC(c2noc(N3CCOC4CC43)n2)S(=O)(=O)c2ccccc2N1. The first kappa shape index (κ1) is 15.8. The molecule has 1 aromatic carbocycles. The van der Waals surface area contributed by atoms with Gasteiger partial charge in [0, 0.05) is 6.54 Å². The predicted molar refractivity (Wildman–Crippen MR) is 89.4 cm³/mol. The van der Waals surface area contributed by atoms with Crippen molar-refractivity contribution in [3.63, 3.8) is 0 Å².